The van der Waals surface area contributed by atoms with Crippen molar-refractivity contribution in [1.82, 2.24) is 15.4 Å². The van der Waals surface area contributed by atoms with Crippen LogP contribution in [0.2, 0.25) is 0 Å². The molecule has 0 atom stereocenters. The summed E-state index contributed by atoms with van der Waals surface area (Å²) in [4.78, 5) is 11.2. The number of H-pyrrole nitrogens is 1. The lowest BCUT2D eigenvalue weighted by atomic mass is 10.0. The van der Waals surface area contributed by atoms with Gasteiger partial charge in [-0.15, -0.1) is 0 Å². The van der Waals surface area contributed by atoms with E-state index in [1.165, 1.54) is 12.1 Å². The highest BCUT2D eigenvalue weighted by atomic mass is 19.4. The van der Waals surface area contributed by atoms with Gasteiger partial charge in [0.2, 0.25) is 0 Å². The summed E-state index contributed by atoms with van der Waals surface area (Å²) in [7, 11) is 0. The summed E-state index contributed by atoms with van der Waals surface area (Å²) in [5.74, 6) is -1.18. The first kappa shape index (κ1) is 14.8. The van der Waals surface area contributed by atoms with Crippen LogP contribution in [0.5, 0.6) is 5.75 Å². The molecule has 0 aliphatic rings. The van der Waals surface area contributed by atoms with Crippen molar-refractivity contribution < 1.29 is 22.7 Å². The molecule has 1 aromatic carbocycles. The number of benzene rings is 1. The van der Waals surface area contributed by atoms with Gasteiger partial charge in [0.1, 0.15) is 11.4 Å². The Kier molecular flexibility index (Phi) is 3.83. The number of amides is 1. The van der Waals surface area contributed by atoms with E-state index in [0.29, 0.717) is 0 Å². The van der Waals surface area contributed by atoms with Gasteiger partial charge in [0.05, 0.1) is 12.2 Å². The zero-order valence-electron chi connectivity index (χ0n) is 10.9. The van der Waals surface area contributed by atoms with Gasteiger partial charge in [0.15, 0.2) is 5.69 Å². The fourth-order valence-corrected chi connectivity index (χ4v) is 1.78. The van der Waals surface area contributed by atoms with E-state index in [-0.39, 0.29) is 29.3 Å². The van der Waals surface area contributed by atoms with Crippen LogP contribution < -0.4 is 10.5 Å². The standard InChI is InChI=1S/C12H11F3N4O2/c1-2-21-8-4-3-6(5-7(8)12(13,14)15)9-10(11(16)20)18-19-17-9/h3-5H,2H2,1H3,(H2,16,20)(H,17,18,19). The quantitative estimate of drug-likeness (QED) is 0.902. The van der Waals surface area contributed by atoms with Crippen molar-refractivity contribution in [2.75, 3.05) is 6.61 Å². The number of hydrogen-bond acceptors (Lipinski definition) is 4. The lowest BCUT2D eigenvalue weighted by Crippen LogP contribution is -2.13. The van der Waals surface area contributed by atoms with E-state index < -0.39 is 17.6 Å². The van der Waals surface area contributed by atoms with Gasteiger partial charge in [-0.3, -0.25) is 4.79 Å². The van der Waals surface area contributed by atoms with Crippen molar-refractivity contribution >= 4 is 5.91 Å². The van der Waals surface area contributed by atoms with Crippen LogP contribution in [0, 0.1) is 0 Å². The Morgan fingerprint density at radius 3 is 2.67 bits per heavy atom. The summed E-state index contributed by atoms with van der Waals surface area (Å²) in [6.45, 7) is 1.68. The first-order chi connectivity index (χ1) is 9.84. The highest BCUT2D eigenvalue weighted by Crippen LogP contribution is 2.38. The van der Waals surface area contributed by atoms with Crippen molar-refractivity contribution in [2.24, 2.45) is 5.73 Å². The van der Waals surface area contributed by atoms with Crippen LogP contribution in [0.15, 0.2) is 18.2 Å². The molecule has 21 heavy (non-hydrogen) atoms. The minimum absolute atomic E-state index is 0.0453. The molecule has 0 bridgehead atoms. The van der Waals surface area contributed by atoms with Gasteiger partial charge in [-0.25, -0.2) is 0 Å². The minimum Gasteiger partial charge on any atom is -0.493 e. The number of aromatic amines is 1. The van der Waals surface area contributed by atoms with E-state index in [4.69, 9.17) is 10.5 Å². The largest absolute Gasteiger partial charge is 0.493 e. The van der Waals surface area contributed by atoms with E-state index in [9.17, 15) is 18.0 Å². The Hall–Kier alpha value is -2.58. The van der Waals surface area contributed by atoms with Gasteiger partial charge in [-0.2, -0.15) is 28.6 Å². The molecule has 1 aromatic heterocycles. The number of hydrogen-bond donors (Lipinski definition) is 2. The Bertz CT molecular complexity index is 667. The number of nitrogens with zero attached hydrogens (tertiary/aromatic N) is 2. The number of carbonyl (C=O) groups excluding carboxylic acids is 1. The molecular weight excluding hydrogens is 289 g/mol. The second-order valence-corrected chi connectivity index (χ2v) is 4.03. The maximum atomic E-state index is 13.0. The average molecular weight is 300 g/mol. The van der Waals surface area contributed by atoms with Gasteiger partial charge in [-0.05, 0) is 25.1 Å². The van der Waals surface area contributed by atoms with E-state index in [1.807, 2.05) is 0 Å². The Morgan fingerprint density at radius 2 is 2.10 bits per heavy atom. The molecular formula is C12H11F3N4O2. The number of carbonyl (C=O) groups is 1. The molecule has 6 nitrogen and oxygen atoms in total. The predicted molar refractivity (Wildman–Crippen MR) is 66.5 cm³/mol. The number of rotatable bonds is 4. The van der Waals surface area contributed by atoms with Crippen LogP contribution in [0.1, 0.15) is 23.0 Å². The maximum Gasteiger partial charge on any atom is 0.419 e. The summed E-state index contributed by atoms with van der Waals surface area (Å²) in [6, 6.07) is 3.36. The van der Waals surface area contributed by atoms with Gasteiger partial charge in [0, 0.05) is 5.56 Å². The third-order valence-corrected chi connectivity index (χ3v) is 2.64. The van der Waals surface area contributed by atoms with E-state index in [0.717, 1.165) is 6.07 Å². The monoisotopic (exact) mass is 300 g/mol. The van der Waals surface area contributed by atoms with Gasteiger partial charge < -0.3 is 10.5 Å². The zero-order chi connectivity index (χ0) is 15.6. The third-order valence-electron chi connectivity index (χ3n) is 2.64. The van der Waals surface area contributed by atoms with Crippen LogP contribution in [0.25, 0.3) is 11.3 Å². The smallest absolute Gasteiger partial charge is 0.419 e. The van der Waals surface area contributed by atoms with E-state index in [1.54, 1.807) is 6.92 Å². The fourth-order valence-electron chi connectivity index (χ4n) is 1.78. The molecule has 0 radical (unpaired) electrons. The minimum atomic E-state index is -4.60. The number of primary amides is 1. The molecule has 0 spiro atoms. The zero-order valence-corrected chi connectivity index (χ0v) is 10.9. The van der Waals surface area contributed by atoms with Crippen molar-refractivity contribution in [1.29, 1.82) is 0 Å². The number of aromatic nitrogens is 3. The van der Waals surface area contributed by atoms with Crippen LogP contribution in [-0.4, -0.2) is 27.9 Å². The second-order valence-electron chi connectivity index (χ2n) is 4.03. The number of halogens is 3. The number of alkyl halides is 3. The Balaban J connectivity index is 2.56. The molecule has 9 heteroatoms. The van der Waals surface area contributed by atoms with Gasteiger partial charge in [0.25, 0.3) is 5.91 Å². The lowest BCUT2D eigenvalue weighted by Gasteiger charge is -2.14. The summed E-state index contributed by atoms with van der Waals surface area (Å²) in [6.07, 6.45) is -4.60. The van der Waals surface area contributed by atoms with E-state index in [2.05, 4.69) is 15.4 Å². The first-order valence-electron chi connectivity index (χ1n) is 5.89. The van der Waals surface area contributed by atoms with Crippen molar-refractivity contribution in [3.63, 3.8) is 0 Å². The topological polar surface area (TPSA) is 93.9 Å². The fraction of sp³-hybridized carbons (Fsp3) is 0.250. The second kappa shape index (κ2) is 5.43. The molecule has 0 fully saturated rings. The number of nitrogens with one attached hydrogen (secondary N) is 1. The molecule has 0 unspecified atom stereocenters. The Morgan fingerprint density at radius 1 is 1.38 bits per heavy atom. The lowest BCUT2D eigenvalue weighted by molar-refractivity contribution is -0.138. The molecule has 0 saturated carbocycles. The van der Waals surface area contributed by atoms with Crippen molar-refractivity contribution in [2.45, 2.75) is 13.1 Å². The molecule has 0 saturated heterocycles. The molecule has 112 valence electrons. The normalized spacial score (nSPS) is 11.4. The van der Waals surface area contributed by atoms with Gasteiger partial charge in [-0.1, -0.05) is 0 Å². The molecule has 2 rings (SSSR count). The Labute approximate surface area is 117 Å². The summed E-state index contributed by atoms with van der Waals surface area (Å²) < 4.78 is 44.1. The van der Waals surface area contributed by atoms with Crippen LogP contribution >= 0.6 is 0 Å². The first-order valence-corrected chi connectivity index (χ1v) is 5.89. The summed E-state index contributed by atoms with van der Waals surface area (Å²) in [5, 5.41) is 9.34. The van der Waals surface area contributed by atoms with Gasteiger partial charge >= 0.3 is 6.18 Å². The SMILES string of the molecule is CCOc1ccc(-c2n[nH]nc2C(N)=O)cc1C(F)(F)F. The van der Waals surface area contributed by atoms with Crippen molar-refractivity contribution in [3.05, 3.63) is 29.5 Å². The number of ether oxygens (including phenoxy) is 1. The number of nitrogens with two attached hydrogens (primary N) is 1. The third kappa shape index (κ3) is 2.96. The molecule has 1 amide bonds. The molecule has 3 N–H and O–H groups in total. The predicted octanol–water partition coefficient (Wildman–Crippen LogP) is 1.99. The van der Waals surface area contributed by atoms with Crippen molar-refractivity contribution in [3.8, 4) is 17.0 Å². The van der Waals surface area contributed by atoms with Crippen LogP contribution in [0.3, 0.4) is 0 Å². The average Bonchev–Trinajstić information content (AvgIpc) is 2.87. The molecule has 0 aliphatic heterocycles. The maximum absolute atomic E-state index is 13.0. The highest BCUT2D eigenvalue weighted by Gasteiger charge is 2.35. The summed E-state index contributed by atoms with van der Waals surface area (Å²) in [5.41, 5.74) is 3.92. The molecule has 1 heterocycles. The molecule has 2 aromatic rings. The highest BCUT2D eigenvalue weighted by molar-refractivity contribution is 5.96. The van der Waals surface area contributed by atoms with E-state index >= 15 is 0 Å². The van der Waals surface area contributed by atoms with Crippen LogP contribution in [0.4, 0.5) is 13.2 Å². The summed E-state index contributed by atoms with van der Waals surface area (Å²) >= 11 is 0. The van der Waals surface area contributed by atoms with Crippen LogP contribution in [-0.2, 0) is 6.18 Å². The molecule has 0 aliphatic carbocycles.